The van der Waals surface area contributed by atoms with Crippen LogP contribution in [0.3, 0.4) is 0 Å². The Bertz CT molecular complexity index is 877. The summed E-state index contributed by atoms with van der Waals surface area (Å²) in [4.78, 5) is 10.8. The average Bonchev–Trinajstić information content (AvgIpc) is 2.86. The molecule has 0 N–H and O–H groups in total. The van der Waals surface area contributed by atoms with E-state index >= 15 is 0 Å². The fourth-order valence-electron chi connectivity index (χ4n) is 4.66. The summed E-state index contributed by atoms with van der Waals surface area (Å²) in [5, 5.41) is 1.41. The fourth-order valence-corrected chi connectivity index (χ4v) is 12.4. The van der Waals surface area contributed by atoms with Crippen molar-refractivity contribution >= 4 is 42.7 Å². The normalized spacial score (nSPS) is 12.6. The molecule has 0 aliphatic rings. The summed E-state index contributed by atoms with van der Waals surface area (Å²) < 4.78 is 5.02. The van der Waals surface area contributed by atoms with E-state index in [1.54, 1.807) is 0 Å². The molecule has 0 radical (unpaired) electrons. The van der Waals surface area contributed by atoms with Crippen LogP contribution < -0.4 is 15.9 Å². The van der Waals surface area contributed by atoms with Crippen LogP contribution >= 0.6 is 20.8 Å². The first-order valence-corrected chi connectivity index (χ1v) is 16.5. The Labute approximate surface area is 207 Å². The van der Waals surface area contributed by atoms with Gasteiger partial charge in [0, 0.05) is 0 Å². The number of halogens is 1. The van der Waals surface area contributed by atoms with E-state index in [4.69, 9.17) is 4.74 Å². The second-order valence-electron chi connectivity index (χ2n) is 8.73. The molecular weight excluding hydrogens is 491 g/mol. The van der Waals surface area contributed by atoms with Crippen molar-refractivity contribution in [1.82, 2.24) is 0 Å². The molecule has 0 bridgehead atoms. The van der Waals surface area contributed by atoms with Crippen LogP contribution in [-0.4, -0.2) is 18.7 Å². The van der Waals surface area contributed by atoms with Crippen LogP contribution in [0.5, 0.6) is 0 Å². The quantitative estimate of drug-likeness (QED) is 0.134. The van der Waals surface area contributed by atoms with Gasteiger partial charge in [0.05, 0.1) is 0 Å². The third-order valence-corrected chi connectivity index (χ3v) is 16.4. The van der Waals surface area contributed by atoms with Gasteiger partial charge in [-0.2, -0.15) is 0 Å². The van der Waals surface area contributed by atoms with E-state index in [-0.39, 0.29) is 5.97 Å². The summed E-state index contributed by atoms with van der Waals surface area (Å²) in [6.45, 7) is 2.03. The Kier molecular flexibility index (Phi) is 9.71. The number of benzene rings is 3. The van der Waals surface area contributed by atoms with Gasteiger partial charge in [0.2, 0.25) is 0 Å². The van der Waals surface area contributed by atoms with Crippen LogP contribution in [0.15, 0.2) is 91.0 Å². The molecule has 0 aliphatic carbocycles. The number of hydrogen-bond acceptors (Lipinski definition) is 2. The molecule has 2 nitrogen and oxygen atoms in total. The van der Waals surface area contributed by atoms with Gasteiger partial charge >= 0.3 is 208 Å². The summed E-state index contributed by atoms with van der Waals surface area (Å²) >= 11 is 4.53. The van der Waals surface area contributed by atoms with Crippen molar-refractivity contribution in [2.24, 2.45) is 0 Å². The second-order valence-corrected chi connectivity index (χ2v) is 17.8. The van der Waals surface area contributed by atoms with Crippen LogP contribution in [0.1, 0.15) is 51.9 Å². The molecule has 176 valence electrons. The van der Waals surface area contributed by atoms with Gasteiger partial charge in [-0.05, 0) is 0 Å². The van der Waals surface area contributed by atoms with Crippen molar-refractivity contribution in [3.8, 4) is 0 Å². The van der Waals surface area contributed by atoms with Crippen LogP contribution in [0.2, 0.25) is 0 Å². The van der Waals surface area contributed by atoms with Gasteiger partial charge in [-0.1, -0.05) is 0 Å². The molecule has 3 rings (SSSR count). The van der Waals surface area contributed by atoms with Crippen LogP contribution in [0.4, 0.5) is 0 Å². The Morgan fingerprint density at radius 2 is 1.00 bits per heavy atom. The van der Waals surface area contributed by atoms with E-state index in [1.165, 1.54) is 54.9 Å². The molecule has 3 aromatic carbocycles. The van der Waals surface area contributed by atoms with E-state index in [1.807, 2.05) is 0 Å². The number of hydrogen-bond donors (Lipinski definition) is 0. The maximum absolute atomic E-state index is 10.8. The van der Waals surface area contributed by atoms with Crippen molar-refractivity contribution in [3.63, 3.8) is 0 Å². The zero-order valence-electron chi connectivity index (χ0n) is 19.7. The summed E-state index contributed by atoms with van der Waals surface area (Å²) in [7, 11) is 0. The first-order chi connectivity index (χ1) is 16.1. The fraction of sp³-hybridized carbons (Fsp3) is 0.345. The van der Waals surface area contributed by atoms with Gasteiger partial charge < -0.3 is 0 Å². The molecule has 0 saturated heterocycles. The van der Waals surface area contributed by atoms with Crippen LogP contribution in [-0.2, 0) is 9.53 Å². The monoisotopic (exact) mass is 526 g/mol. The number of esters is 1. The van der Waals surface area contributed by atoms with Crippen molar-refractivity contribution in [2.75, 3.05) is 12.8 Å². The number of carbonyl (C=O) groups excluding carboxylic acids is 1. The molecule has 0 aromatic heterocycles. The van der Waals surface area contributed by atoms with Gasteiger partial charge in [0.15, 0.2) is 0 Å². The second kappa shape index (κ2) is 12.5. The summed E-state index contributed by atoms with van der Waals surface area (Å²) in [6, 6.07) is 33.1. The molecular formula is C29H36BrO2P. The topological polar surface area (TPSA) is 26.3 Å². The minimum absolute atomic E-state index is 0.179. The van der Waals surface area contributed by atoms with E-state index in [0.717, 1.165) is 19.0 Å². The molecule has 0 atom stereocenters. The summed E-state index contributed by atoms with van der Waals surface area (Å²) in [6.07, 6.45) is 9.28. The van der Waals surface area contributed by atoms with Gasteiger partial charge in [-0.3, -0.25) is 0 Å². The van der Waals surface area contributed by atoms with Crippen molar-refractivity contribution in [2.45, 2.75) is 51.9 Å². The summed E-state index contributed by atoms with van der Waals surface area (Å²) in [5.41, 5.74) is 0. The number of ether oxygens (including phenoxy) is 1. The molecule has 33 heavy (non-hydrogen) atoms. The minimum atomic E-state index is -2.77. The molecule has 4 heteroatoms. The zero-order valence-corrected chi connectivity index (χ0v) is 22.1. The van der Waals surface area contributed by atoms with Gasteiger partial charge in [-0.25, -0.2) is 0 Å². The Morgan fingerprint density at radius 1 is 0.636 bits per heavy atom. The van der Waals surface area contributed by atoms with Crippen LogP contribution in [0.25, 0.3) is 0 Å². The van der Waals surface area contributed by atoms with Gasteiger partial charge in [0.1, 0.15) is 0 Å². The molecule has 0 spiro atoms. The summed E-state index contributed by atoms with van der Waals surface area (Å²) in [5.74, 6) is -0.179. The number of rotatable bonds is 13. The predicted octanol–water partition coefficient (Wildman–Crippen LogP) is 7.12. The molecule has 0 aliphatic heterocycles. The van der Waals surface area contributed by atoms with Gasteiger partial charge in [0.25, 0.3) is 0 Å². The molecule has 3 aromatic rings. The Hall–Kier alpha value is -1.96. The van der Waals surface area contributed by atoms with Crippen molar-refractivity contribution in [3.05, 3.63) is 91.0 Å². The van der Waals surface area contributed by atoms with E-state index in [2.05, 4.69) is 106 Å². The molecule has 0 unspecified atom stereocenters. The van der Waals surface area contributed by atoms with E-state index in [9.17, 15) is 4.79 Å². The first kappa shape index (κ1) is 25.7. The number of carbonyl (C=O) groups is 1. The molecule has 0 heterocycles. The van der Waals surface area contributed by atoms with Crippen molar-refractivity contribution in [1.29, 1.82) is 0 Å². The molecule has 0 fully saturated rings. The Balaban J connectivity index is 1.74. The maximum atomic E-state index is 10.8. The SMILES string of the molecule is CC(=O)OCCCCCCCCCP(Br)(c1ccccc1)(c1ccccc1)c1ccccc1. The standard InChI is InChI=1S/C29H36BrO2P/c1-26(31)32-24-16-5-3-2-4-6-17-25-33(30,27-18-10-7-11-19-27,28-20-12-8-13-21-28)29-22-14-9-15-23-29/h7-15,18-23H,2-6,16-17,24-25H2,1H3. The third kappa shape index (κ3) is 6.34. The van der Waals surface area contributed by atoms with E-state index < -0.39 is 5.31 Å². The van der Waals surface area contributed by atoms with Gasteiger partial charge in [-0.15, -0.1) is 0 Å². The van der Waals surface area contributed by atoms with E-state index in [0.29, 0.717) is 6.61 Å². The zero-order chi connectivity index (χ0) is 23.4. The number of unbranched alkanes of at least 4 members (excludes halogenated alkanes) is 6. The first-order valence-electron chi connectivity index (χ1n) is 12.1. The van der Waals surface area contributed by atoms with Crippen molar-refractivity contribution < 1.29 is 9.53 Å². The molecule has 0 saturated carbocycles. The molecule has 0 amide bonds. The third-order valence-electron chi connectivity index (χ3n) is 6.41. The predicted molar refractivity (Wildman–Crippen MR) is 148 cm³/mol. The van der Waals surface area contributed by atoms with Crippen LogP contribution in [0, 0.1) is 0 Å². The Morgan fingerprint density at radius 3 is 1.39 bits per heavy atom. The average molecular weight is 527 g/mol.